The van der Waals surface area contributed by atoms with Crippen molar-refractivity contribution in [2.45, 2.75) is 19.8 Å². The summed E-state index contributed by atoms with van der Waals surface area (Å²) in [6, 6.07) is 5.23. The van der Waals surface area contributed by atoms with Gasteiger partial charge in [-0.3, -0.25) is 14.5 Å². The number of rotatable bonds is 4. The van der Waals surface area contributed by atoms with E-state index in [0.29, 0.717) is 45.1 Å². The zero-order valence-corrected chi connectivity index (χ0v) is 17.8. The zero-order chi connectivity index (χ0) is 20.8. The fourth-order valence-electron chi connectivity index (χ4n) is 3.60. The van der Waals surface area contributed by atoms with Crippen LogP contribution in [0.25, 0.3) is 11.0 Å². The van der Waals surface area contributed by atoms with E-state index >= 15 is 0 Å². The molecule has 29 heavy (non-hydrogen) atoms. The van der Waals surface area contributed by atoms with E-state index < -0.39 is 0 Å². The number of nitrogens with one attached hydrogen (secondary N) is 2. The van der Waals surface area contributed by atoms with Crippen LogP contribution >= 0.6 is 23.2 Å². The fourth-order valence-corrected chi connectivity index (χ4v) is 3.95. The van der Waals surface area contributed by atoms with Crippen molar-refractivity contribution in [2.75, 3.05) is 29.9 Å². The Labute approximate surface area is 178 Å². The molecule has 1 saturated heterocycles. The Morgan fingerprint density at radius 1 is 1.31 bits per heavy atom. The van der Waals surface area contributed by atoms with Gasteiger partial charge in [0.25, 0.3) is 5.56 Å². The molecule has 0 amide bonds. The summed E-state index contributed by atoms with van der Waals surface area (Å²) in [7, 11) is 1.73. The smallest absolute Gasteiger partial charge is 0.268 e. The minimum Gasteiger partial charge on any atom is -0.342 e. The molecule has 0 spiro atoms. The van der Waals surface area contributed by atoms with Crippen LogP contribution in [0.1, 0.15) is 19.8 Å². The van der Waals surface area contributed by atoms with Gasteiger partial charge in [-0.25, -0.2) is 0 Å². The summed E-state index contributed by atoms with van der Waals surface area (Å²) in [5, 5.41) is 11.3. The van der Waals surface area contributed by atoms with Gasteiger partial charge < -0.3 is 16.0 Å². The number of aromatic amines is 1. The highest BCUT2D eigenvalue weighted by Crippen LogP contribution is 2.33. The summed E-state index contributed by atoms with van der Waals surface area (Å²) in [5.74, 6) is 0.982. The Bertz CT molecular complexity index is 1120. The summed E-state index contributed by atoms with van der Waals surface area (Å²) in [5.41, 5.74) is 6.85. The summed E-state index contributed by atoms with van der Waals surface area (Å²) in [6.45, 7) is 4.47. The van der Waals surface area contributed by atoms with Gasteiger partial charge in [0, 0.05) is 20.1 Å². The molecule has 0 radical (unpaired) electrons. The number of nitrogens with two attached hydrogens (primary N) is 1. The average molecular weight is 436 g/mol. The quantitative estimate of drug-likeness (QED) is 0.580. The summed E-state index contributed by atoms with van der Waals surface area (Å²) >= 11 is 12.3. The van der Waals surface area contributed by atoms with Gasteiger partial charge in [0.05, 0.1) is 15.7 Å². The lowest BCUT2D eigenvalue weighted by molar-refractivity contribution is 0.256. The van der Waals surface area contributed by atoms with Gasteiger partial charge in [0.1, 0.15) is 5.39 Å². The van der Waals surface area contributed by atoms with Gasteiger partial charge in [0.2, 0.25) is 5.95 Å². The molecular weight excluding hydrogens is 413 g/mol. The Hall–Kier alpha value is -2.29. The molecule has 0 atom stereocenters. The maximum absolute atomic E-state index is 13.1. The van der Waals surface area contributed by atoms with Crippen molar-refractivity contribution in [3.8, 4) is 0 Å². The first kappa shape index (κ1) is 20.0. The highest BCUT2D eigenvalue weighted by Gasteiger charge is 2.30. The number of hydrogen-bond acceptors (Lipinski definition) is 6. The van der Waals surface area contributed by atoms with E-state index in [-0.39, 0.29) is 11.0 Å². The van der Waals surface area contributed by atoms with Crippen molar-refractivity contribution in [3.63, 3.8) is 0 Å². The number of nitrogens with zero attached hydrogens (tertiary/aromatic N) is 4. The molecule has 0 unspecified atom stereocenters. The first-order valence-corrected chi connectivity index (χ1v) is 10.2. The van der Waals surface area contributed by atoms with Crippen molar-refractivity contribution in [1.29, 1.82) is 0 Å². The molecule has 3 aromatic rings. The van der Waals surface area contributed by atoms with Gasteiger partial charge in [-0.15, -0.1) is 0 Å². The minimum absolute atomic E-state index is 0.140. The van der Waals surface area contributed by atoms with E-state index in [1.165, 1.54) is 0 Å². The van der Waals surface area contributed by atoms with Crippen LogP contribution in [0.15, 0.2) is 23.0 Å². The van der Waals surface area contributed by atoms with E-state index in [1.807, 2.05) is 0 Å². The standard InChI is InChI=1S/C19H23Cl2N7O/c1-19(10-22)6-8-28(9-7-19)18-24-16-13(17(29)27(18)2)15(25-26-16)23-12-5-3-4-11(20)14(12)21/h3-5H,6-10,22H2,1-2H3,(H2,23,25,26). The molecule has 3 heterocycles. The molecule has 1 aliphatic heterocycles. The van der Waals surface area contributed by atoms with E-state index in [2.05, 4.69) is 32.3 Å². The molecule has 1 aliphatic rings. The van der Waals surface area contributed by atoms with Crippen LogP contribution in [0.3, 0.4) is 0 Å². The number of benzene rings is 1. The van der Waals surface area contributed by atoms with Crippen molar-refractivity contribution < 1.29 is 0 Å². The zero-order valence-electron chi connectivity index (χ0n) is 16.3. The van der Waals surface area contributed by atoms with Crippen LogP contribution in [0.4, 0.5) is 17.5 Å². The number of anilines is 3. The van der Waals surface area contributed by atoms with Crippen LogP contribution in [0.5, 0.6) is 0 Å². The van der Waals surface area contributed by atoms with Crippen LogP contribution < -0.4 is 21.5 Å². The molecule has 1 aromatic carbocycles. The van der Waals surface area contributed by atoms with E-state index in [4.69, 9.17) is 28.9 Å². The third-order valence-corrected chi connectivity index (χ3v) is 6.55. The molecule has 1 fully saturated rings. The van der Waals surface area contributed by atoms with Crippen molar-refractivity contribution in [1.82, 2.24) is 19.7 Å². The van der Waals surface area contributed by atoms with Gasteiger partial charge in [-0.1, -0.05) is 36.2 Å². The molecule has 8 nitrogen and oxygen atoms in total. The summed E-state index contributed by atoms with van der Waals surface area (Å²) in [4.78, 5) is 19.9. The van der Waals surface area contributed by atoms with Crippen molar-refractivity contribution >= 4 is 51.7 Å². The largest absolute Gasteiger partial charge is 0.342 e. The number of piperidine rings is 1. The Kier molecular flexibility index (Phi) is 5.18. The Morgan fingerprint density at radius 2 is 2.03 bits per heavy atom. The second kappa shape index (κ2) is 7.51. The number of halogens is 2. The molecular formula is C19H23Cl2N7O. The topological polar surface area (TPSA) is 105 Å². The number of H-pyrrole nitrogens is 1. The third kappa shape index (κ3) is 3.56. The predicted molar refractivity (Wildman–Crippen MR) is 117 cm³/mol. The second-order valence-corrected chi connectivity index (χ2v) is 8.59. The first-order chi connectivity index (χ1) is 13.8. The molecule has 4 N–H and O–H groups in total. The van der Waals surface area contributed by atoms with Crippen molar-refractivity contribution in [3.05, 3.63) is 38.6 Å². The fraction of sp³-hybridized carbons (Fsp3) is 0.421. The molecule has 0 aliphatic carbocycles. The lowest BCUT2D eigenvalue weighted by Crippen LogP contribution is -2.44. The maximum Gasteiger partial charge on any atom is 0.268 e. The molecule has 4 rings (SSSR count). The number of hydrogen-bond donors (Lipinski definition) is 3. The molecule has 2 aromatic heterocycles. The molecule has 10 heteroatoms. The second-order valence-electron chi connectivity index (χ2n) is 7.80. The van der Waals surface area contributed by atoms with Crippen LogP contribution in [-0.2, 0) is 7.05 Å². The normalized spacial score (nSPS) is 16.4. The number of fused-ring (bicyclic) bond motifs is 1. The summed E-state index contributed by atoms with van der Waals surface area (Å²) < 4.78 is 1.56. The SMILES string of the molecule is Cn1c(N2CCC(C)(CN)CC2)nc2[nH]nc(Nc3cccc(Cl)c3Cl)c2c1=O. The predicted octanol–water partition coefficient (Wildman–Crippen LogP) is 3.27. The van der Waals surface area contributed by atoms with E-state index in [1.54, 1.807) is 29.8 Å². The lowest BCUT2D eigenvalue weighted by Gasteiger charge is -2.39. The lowest BCUT2D eigenvalue weighted by atomic mass is 9.81. The van der Waals surface area contributed by atoms with Crippen molar-refractivity contribution in [2.24, 2.45) is 18.2 Å². The number of aromatic nitrogens is 4. The van der Waals surface area contributed by atoms with Gasteiger partial charge >= 0.3 is 0 Å². The van der Waals surface area contributed by atoms with Gasteiger partial charge in [0.15, 0.2) is 11.5 Å². The Balaban J connectivity index is 1.69. The van der Waals surface area contributed by atoms with Gasteiger partial charge in [-0.2, -0.15) is 10.1 Å². The first-order valence-electron chi connectivity index (χ1n) is 9.44. The third-order valence-electron chi connectivity index (χ3n) is 5.73. The monoisotopic (exact) mass is 435 g/mol. The highest BCUT2D eigenvalue weighted by atomic mass is 35.5. The minimum atomic E-state index is -0.188. The average Bonchev–Trinajstić information content (AvgIpc) is 3.12. The van der Waals surface area contributed by atoms with Gasteiger partial charge in [-0.05, 0) is 36.9 Å². The Morgan fingerprint density at radius 3 is 2.72 bits per heavy atom. The molecule has 154 valence electrons. The highest BCUT2D eigenvalue weighted by molar-refractivity contribution is 6.43. The van der Waals surface area contributed by atoms with Crippen LogP contribution in [0, 0.1) is 5.41 Å². The van der Waals surface area contributed by atoms with E-state index in [0.717, 1.165) is 25.9 Å². The van der Waals surface area contributed by atoms with Crippen LogP contribution in [0.2, 0.25) is 10.0 Å². The maximum atomic E-state index is 13.1. The molecule has 0 bridgehead atoms. The summed E-state index contributed by atoms with van der Waals surface area (Å²) in [6.07, 6.45) is 1.92. The molecule has 0 saturated carbocycles. The van der Waals surface area contributed by atoms with Crippen LogP contribution in [-0.4, -0.2) is 39.4 Å². The van der Waals surface area contributed by atoms with E-state index in [9.17, 15) is 4.79 Å².